The van der Waals surface area contributed by atoms with Gasteiger partial charge in [0.1, 0.15) is 45.4 Å². The molecule has 0 radical (unpaired) electrons. The van der Waals surface area contributed by atoms with Gasteiger partial charge in [0.25, 0.3) is 11.8 Å². The van der Waals surface area contributed by atoms with Gasteiger partial charge < -0.3 is 48.9 Å². The second kappa shape index (κ2) is 39.3. The van der Waals surface area contributed by atoms with Gasteiger partial charge in [-0.05, 0) is 203 Å². The first-order valence-electron chi connectivity index (χ1n) is 33.7. The van der Waals surface area contributed by atoms with E-state index in [0.717, 1.165) is 135 Å². The van der Waals surface area contributed by atoms with Crippen molar-refractivity contribution in [3.63, 3.8) is 0 Å². The molecule has 4 saturated heterocycles. The minimum atomic E-state index is -4.64. The molecule has 564 valence electrons. The van der Waals surface area contributed by atoms with Crippen molar-refractivity contribution in [1.82, 2.24) is 39.6 Å². The van der Waals surface area contributed by atoms with Crippen molar-refractivity contribution in [2.45, 2.75) is 65.1 Å². The van der Waals surface area contributed by atoms with Gasteiger partial charge in [0.15, 0.2) is 0 Å². The maximum atomic E-state index is 13.0. The Labute approximate surface area is 631 Å². The zero-order valence-electron chi connectivity index (χ0n) is 61.3. The Bertz CT molecular complexity index is 4260. The van der Waals surface area contributed by atoms with Gasteiger partial charge in [0, 0.05) is 84.2 Å². The number of aromatic nitrogens is 5. The fraction of sp³-hybridized carbons (Fsp3) is 0.408. The highest BCUT2D eigenvalue weighted by atomic mass is 35.5. The number of anilines is 5. The van der Waals surface area contributed by atoms with Gasteiger partial charge in [-0.25, -0.2) is 15.0 Å². The maximum absolute atomic E-state index is 13.0. The average Bonchev–Trinajstić information content (AvgIpc) is 1.62. The SMILES string of the molecule is C#CCN(C)C.CN(C)CC#Cc1cc(Cl)cc(N2CCOCC2)n1.Cc1ccc(NC(=O)c2ccnc(C(F)(F)F)c2)cc1-c1cc(C#CCN(C)C)nc(N2CCOCC2)c1.Cc1ccc(NC(=O)c2ccnc(C(F)(F)F)c2)cc1B1OC(C)(C)C(C)(C)O1.Clc1cc(Cl)nc(N2CCOCC2)c1. The molecule has 9 heterocycles. The van der Waals surface area contributed by atoms with Crippen molar-refractivity contribution in [2.75, 3.05) is 166 Å². The molecule has 0 saturated carbocycles. The first kappa shape index (κ1) is 84.7. The van der Waals surface area contributed by atoms with E-state index in [-0.39, 0.29) is 11.1 Å². The summed E-state index contributed by atoms with van der Waals surface area (Å²) < 4.78 is 106. The molecule has 4 aliphatic rings. The fourth-order valence-electron chi connectivity index (χ4n) is 10.2. The molecule has 2 N–H and O–H groups in total. The largest absolute Gasteiger partial charge is 0.495 e. The van der Waals surface area contributed by atoms with E-state index in [4.69, 9.17) is 69.7 Å². The average molecular weight is 1530 g/mol. The second-order valence-electron chi connectivity index (χ2n) is 26.4. The minimum Gasteiger partial charge on any atom is -0.399 e. The lowest BCUT2D eigenvalue weighted by Gasteiger charge is -2.32. The number of ether oxygens (including phenoxy) is 3. The Kier molecular flexibility index (Phi) is 31.4. The number of hydrogen-bond acceptors (Lipinski definition) is 18. The van der Waals surface area contributed by atoms with E-state index < -0.39 is 53.9 Å². The van der Waals surface area contributed by atoms with Crippen LogP contribution >= 0.6 is 34.8 Å². The Morgan fingerprint density at radius 1 is 0.538 bits per heavy atom. The van der Waals surface area contributed by atoms with Crippen molar-refractivity contribution < 1.29 is 59.5 Å². The highest BCUT2D eigenvalue weighted by molar-refractivity contribution is 6.62. The highest BCUT2D eigenvalue weighted by Crippen LogP contribution is 2.38. The number of amides is 2. The molecule has 5 aromatic heterocycles. The number of nitrogens with one attached hydrogen (secondary N) is 2. The Morgan fingerprint density at radius 2 is 0.943 bits per heavy atom. The van der Waals surface area contributed by atoms with Gasteiger partial charge in [-0.2, -0.15) is 26.3 Å². The molecule has 106 heavy (non-hydrogen) atoms. The molecule has 2 amide bonds. The summed E-state index contributed by atoms with van der Waals surface area (Å²) in [6, 6.07) is 25.5. The third-order valence-corrected chi connectivity index (χ3v) is 17.1. The molecule has 30 heteroatoms. The lowest BCUT2D eigenvalue weighted by atomic mass is 9.76. The van der Waals surface area contributed by atoms with Crippen LogP contribution in [0.3, 0.4) is 0 Å². The van der Waals surface area contributed by atoms with Gasteiger partial charge in [-0.3, -0.25) is 34.3 Å². The molecule has 0 aliphatic carbocycles. The molecular weight excluding hydrogens is 1440 g/mol. The zero-order chi connectivity index (χ0) is 77.5. The first-order chi connectivity index (χ1) is 50.1. The predicted molar refractivity (Wildman–Crippen MR) is 407 cm³/mol. The van der Waals surface area contributed by atoms with Crippen molar-refractivity contribution in [3.05, 3.63) is 170 Å². The number of nitrogens with zero attached hydrogens (tertiary/aromatic N) is 11. The molecule has 2 aromatic carbocycles. The predicted octanol–water partition coefficient (Wildman–Crippen LogP) is 12.3. The first-order valence-corrected chi connectivity index (χ1v) is 34.8. The van der Waals surface area contributed by atoms with E-state index in [1.54, 1.807) is 42.5 Å². The number of terminal acetylenes is 1. The summed E-state index contributed by atoms with van der Waals surface area (Å²) in [5, 5.41) is 7.05. The van der Waals surface area contributed by atoms with Crippen molar-refractivity contribution in [3.8, 4) is 47.2 Å². The van der Waals surface area contributed by atoms with Crippen LogP contribution in [0.1, 0.15) is 82.3 Å². The Balaban J connectivity index is 0.000000203. The third-order valence-electron chi connectivity index (χ3n) is 16.4. The number of pyridine rings is 5. The number of aryl methyl sites for hydroxylation is 2. The summed E-state index contributed by atoms with van der Waals surface area (Å²) >= 11 is 17.8. The number of benzene rings is 2. The van der Waals surface area contributed by atoms with Crippen molar-refractivity contribution in [2.24, 2.45) is 0 Å². The van der Waals surface area contributed by atoms with Gasteiger partial charge in [0.2, 0.25) is 0 Å². The maximum Gasteiger partial charge on any atom is 0.495 e. The number of alkyl halides is 6. The number of carbonyl (C=O) groups is 2. The summed E-state index contributed by atoms with van der Waals surface area (Å²) in [5.41, 5.74) is 2.99. The molecule has 0 unspecified atom stereocenters. The molecule has 7 aromatic rings. The molecule has 4 aliphatic heterocycles. The van der Waals surface area contributed by atoms with Crippen LogP contribution < -0.4 is 30.8 Å². The normalized spacial score (nSPS) is 15.3. The molecule has 4 fully saturated rings. The number of rotatable bonds is 12. The monoisotopic (exact) mass is 1520 g/mol. The number of morpholine rings is 3. The lowest BCUT2D eigenvalue weighted by molar-refractivity contribution is -0.142. The lowest BCUT2D eigenvalue weighted by Crippen LogP contribution is -2.41. The number of hydrogen-bond donors (Lipinski definition) is 2. The number of halogens is 9. The van der Waals surface area contributed by atoms with Gasteiger partial charge >= 0.3 is 19.5 Å². The van der Waals surface area contributed by atoms with E-state index in [2.05, 4.69) is 74.9 Å². The summed E-state index contributed by atoms with van der Waals surface area (Å²) in [7, 11) is 11.1. The number of carbonyl (C=O) groups excluding carboxylic acids is 2. The van der Waals surface area contributed by atoms with Crippen LogP contribution in [0.15, 0.2) is 109 Å². The van der Waals surface area contributed by atoms with Crippen LogP contribution in [0.4, 0.5) is 55.2 Å². The third kappa shape index (κ3) is 26.4. The molecular formula is C76H87BCl3F6N13O7. The quantitative estimate of drug-likeness (QED) is 0.0508. The van der Waals surface area contributed by atoms with Crippen LogP contribution in [-0.4, -0.2) is 211 Å². The van der Waals surface area contributed by atoms with Crippen LogP contribution in [0, 0.1) is 49.9 Å². The molecule has 11 rings (SSSR count). The topological polar surface area (TPSA) is 188 Å². The smallest absolute Gasteiger partial charge is 0.399 e. The molecule has 0 spiro atoms. The van der Waals surface area contributed by atoms with E-state index in [9.17, 15) is 35.9 Å². The molecule has 20 nitrogen and oxygen atoms in total. The summed E-state index contributed by atoms with van der Waals surface area (Å²) in [6.07, 6.45) is -2.39. The van der Waals surface area contributed by atoms with Gasteiger partial charge in [0.05, 0.1) is 70.5 Å². The van der Waals surface area contributed by atoms with E-state index >= 15 is 0 Å². The van der Waals surface area contributed by atoms with Crippen LogP contribution in [-0.2, 0) is 35.9 Å². The van der Waals surface area contributed by atoms with E-state index in [1.165, 1.54) is 12.1 Å². The van der Waals surface area contributed by atoms with Crippen LogP contribution in [0.5, 0.6) is 0 Å². The fourth-order valence-corrected chi connectivity index (χ4v) is 10.8. The zero-order valence-corrected chi connectivity index (χ0v) is 63.6. The van der Waals surface area contributed by atoms with Crippen molar-refractivity contribution >= 4 is 88.0 Å². The standard InChI is InChI=1S/C28H28F3N5O2.C20H22BF3N2O3.C14H18ClN3O.C9H10Cl2N2O.C5H9N/c1-19-6-7-23(34-27(37)20-8-9-32-25(16-20)28(29,30)31)18-24(19)21-15-22(5-4-10-35(2)3)33-26(17-21)36-11-13-38-14-12-36;1-12-6-7-14(11-15(12)21-28-18(2,3)19(4,5)29-21)26-17(27)13-8-9-25-16(10-13)20(22,23)24;1-17(2)5-3-4-13-10-12(15)11-14(16-13)18-6-8-19-9-7-18;10-7-5-8(11)12-9(6-7)13-1-3-14-4-2-13;1-4-5-6(2)3/h6-9,15-18H,10-14H2,1-3H3,(H,34,37);6-11H,1-5H3,(H,26,27);10-11H,5-9H2,1-2H3;5-6H,1-4H2;1H,5H2,2-3H3. The van der Waals surface area contributed by atoms with Crippen molar-refractivity contribution in [1.29, 1.82) is 0 Å². The Hall–Kier alpha value is -8.60. The minimum absolute atomic E-state index is 0.133. The van der Waals surface area contributed by atoms with E-state index in [0.29, 0.717) is 71.7 Å². The Morgan fingerprint density at radius 3 is 1.36 bits per heavy atom. The summed E-state index contributed by atoms with van der Waals surface area (Å²) in [4.78, 5) is 57.7. The van der Waals surface area contributed by atoms with Crippen LogP contribution in [0.2, 0.25) is 15.2 Å². The van der Waals surface area contributed by atoms with Gasteiger partial charge in [-0.1, -0.05) is 70.3 Å². The summed E-state index contributed by atoms with van der Waals surface area (Å²) in [5.74, 6) is 16.0. The second-order valence-corrected chi connectivity index (χ2v) is 27.6. The molecule has 0 bridgehead atoms. The molecule has 0 atom stereocenters. The van der Waals surface area contributed by atoms with Crippen LogP contribution in [0.25, 0.3) is 11.1 Å². The van der Waals surface area contributed by atoms with Gasteiger partial charge in [-0.15, -0.1) is 6.42 Å². The highest BCUT2D eigenvalue weighted by Gasteiger charge is 2.52. The summed E-state index contributed by atoms with van der Waals surface area (Å²) in [6.45, 7) is 22.6. The van der Waals surface area contributed by atoms with E-state index in [1.807, 2.05) is 129 Å².